The Bertz CT molecular complexity index is 1060. The monoisotopic (exact) mass is 414 g/mol. The number of carbonyl (C=O) groups is 2. The van der Waals surface area contributed by atoms with E-state index in [1.165, 1.54) is 37.8 Å². The van der Waals surface area contributed by atoms with E-state index in [2.05, 4.69) is 10.5 Å². The van der Waals surface area contributed by atoms with Gasteiger partial charge in [0.05, 0.1) is 35.9 Å². The number of esters is 1. The molecule has 3 rings (SSSR count). The van der Waals surface area contributed by atoms with Gasteiger partial charge in [-0.3, -0.25) is 5.43 Å². The third-order valence-electron chi connectivity index (χ3n) is 3.72. The van der Waals surface area contributed by atoms with Gasteiger partial charge in [-0.15, -0.1) is 0 Å². The Balaban J connectivity index is 1.71. The van der Waals surface area contributed by atoms with E-state index in [0.717, 1.165) is 0 Å². The highest BCUT2D eigenvalue weighted by Crippen LogP contribution is 2.28. The quantitative estimate of drug-likeness (QED) is 0.256. The summed E-state index contributed by atoms with van der Waals surface area (Å²) in [6.45, 7) is 0. The molecule has 0 aliphatic carbocycles. The van der Waals surface area contributed by atoms with Crippen LogP contribution in [0, 0.1) is 0 Å². The Morgan fingerprint density at radius 3 is 2.69 bits per heavy atom. The van der Waals surface area contributed by atoms with Gasteiger partial charge in [0.1, 0.15) is 0 Å². The third kappa shape index (κ3) is 4.94. The van der Waals surface area contributed by atoms with Crippen LogP contribution < -0.4 is 14.9 Å². The van der Waals surface area contributed by atoms with Crippen molar-refractivity contribution < 1.29 is 28.6 Å². The van der Waals surface area contributed by atoms with Crippen LogP contribution >= 0.6 is 11.6 Å². The summed E-state index contributed by atoms with van der Waals surface area (Å²) in [5.74, 6) is -1.15. The minimum Gasteiger partial charge on any atom is -0.493 e. The fourth-order valence-corrected chi connectivity index (χ4v) is 2.53. The minimum absolute atomic E-state index is 0.0312. The lowest BCUT2D eigenvalue weighted by molar-refractivity contribution is 0.0687. The highest BCUT2D eigenvalue weighted by atomic mass is 35.5. The second kappa shape index (κ2) is 8.94. The van der Waals surface area contributed by atoms with E-state index >= 15 is 0 Å². The van der Waals surface area contributed by atoms with Crippen molar-refractivity contribution in [1.82, 2.24) is 0 Å². The molecule has 0 aliphatic heterocycles. The number of halogens is 1. The zero-order valence-corrected chi connectivity index (χ0v) is 15.8. The predicted octanol–water partition coefficient (Wildman–Crippen LogP) is 4.31. The fraction of sp³-hybridized carbons (Fsp3) is 0.0500. The maximum atomic E-state index is 12.0. The SMILES string of the molecule is COc1cc(/C=N/Nc2ccc(Cl)c(C(=O)O)c2)ccc1OC(=O)c1ccco1. The van der Waals surface area contributed by atoms with Crippen LogP contribution in [0.1, 0.15) is 26.5 Å². The van der Waals surface area contributed by atoms with Crippen molar-refractivity contribution in [1.29, 1.82) is 0 Å². The Morgan fingerprint density at radius 1 is 1.17 bits per heavy atom. The molecule has 148 valence electrons. The van der Waals surface area contributed by atoms with Gasteiger partial charge >= 0.3 is 11.9 Å². The van der Waals surface area contributed by atoms with E-state index in [9.17, 15) is 9.59 Å². The van der Waals surface area contributed by atoms with Gasteiger partial charge in [0.25, 0.3) is 0 Å². The molecule has 0 spiro atoms. The lowest BCUT2D eigenvalue weighted by atomic mass is 10.2. The Hall–Kier alpha value is -3.78. The number of carbonyl (C=O) groups excluding carboxylic acids is 1. The van der Waals surface area contributed by atoms with Crippen LogP contribution in [0.15, 0.2) is 64.3 Å². The normalized spacial score (nSPS) is 10.7. The van der Waals surface area contributed by atoms with Gasteiger partial charge < -0.3 is 19.0 Å². The molecule has 0 radical (unpaired) electrons. The molecule has 2 N–H and O–H groups in total. The first kappa shape index (κ1) is 20.0. The number of furan rings is 1. The van der Waals surface area contributed by atoms with Gasteiger partial charge in [0.15, 0.2) is 11.5 Å². The molecule has 0 amide bonds. The Kier molecular flexibility index (Phi) is 6.16. The molecule has 0 saturated carbocycles. The molecule has 1 aromatic heterocycles. The maximum Gasteiger partial charge on any atom is 0.379 e. The summed E-state index contributed by atoms with van der Waals surface area (Å²) in [5.41, 5.74) is 3.81. The second-order valence-electron chi connectivity index (χ2n) is 5.65. The number of anilines is 1. The largest absolute Gasteiger partial charge is 0.493 e. The van der Waals surface area contributed by atoms with E-state index in [0.29, 0.717) is 17.0 Å². The zero-order chi connectivity index (χ0) is 20.8. The number of carboxylic acid groups (broad SMARTS) is 1. The van der Waals surface area contributed by atoms with Crippen LogP contribution in [0.5, 0.6) is 11.5 Å². The van der Waals surface area contributed by atoms with E-state index in [1.54, 1.807) is 30.3 Å². The number of hydrazone groups is 1. The number of methoxy groups -OCH3 is 1. The molecule has 3 aromatic rings. The molecule has 0 aliphatic rings. The maximum absolute atomic E-state index is 12.0. The molecule has 0 bridgehead atoms. The summed E-state index contributed by atoms with van der Waals surface area (Å²) < 4.78 is 15.5. The third-order valence-corrected chi connectivity index (χ3v) is 4.05. The van der Waals surface area contributed by atoms with Crippen LogP contribution in [0.2, 0.25) is 5.02 Å². The standard InChI is InChI=1S/C20H15ClN2O6/c1-27-18-9-12(4-7-16(18)29-20(26)17-3-2-8-28-17)11-22-23-13-5-6-15(21)14(10-13)19(24)25/h2-11,23H,1H3,(H,24,25)/b22-11+. The number of ether oxygens (including phenoxy) is 2. The number of nitrogens with zero attached hydrogens (tertiary/aromatic N) is 1. The minimum atomic E-state index is -1.13. The first-order valence-corrected chi connectivity index (χ1v) is 8.61. The molecular weight excluding hydrogens is 400 g/mol. The molecule has 0 saturated heterocycles. The summed E-state index contributed by atoms with van der Waals surface area (Å²) in [4.78, 5) is 23.1. The van der Waals surface area contributed by atoms with Crippen molar-refractivity contribution in [2.24, 2.45) is 5.10 Å². The van der Waals surface area contributed by atoms with Crippen molar-refractivity contribution in [2.75, 3.05) is 12.5 Å². The van der Waals surface area contributed by atoms with Crippen molar-refractivity contribution >= 4 is 35.4 Å². The van der Waals surface area contributed by atoms with Gasteiger partial charge in [-0.1, -0.05) is 11.6 Å². The van der Waals surface area contributed by atoms with Crippen LogP contribution in [-0.2, 0) is 0 Å². The molecule has 0 atom stereocenters. The number of rotatable bonds is 7. The summed E-state index contributed by atoms with van der Waals surface area (Å²) in [5, 5.41) is 13.3. The highest BCUT2D eigenvalue weighted by molar-refractivity contribution is 6.33. The number of aromatic carboxylic acids is 1. The molecule has 2 aromatic carbocycles. The van der Waals surface area contributed by atoms with Gasteiger partial charge in [-0.05, 0) is 54.1 Å². The Labute approximate surface area is 170 Å². The number of carboxylic acids is 1. The molecule has 0 unspecified atom stereocenters. The summed E-state index contributed by atoms with van der Waals surface area (Å²) in [6, 6.07) is 12.4. The van der Waals surface area contributed by atoms with Crippen molar-refractivity contribution in [2.45, 2.75) is 0 Å². The molecular formula is C20H15ClN2O6. The average Bonchev–Trinajstić information content (AvgIpc) is 3.25. The number of nitrogens with one attached hydrogen (secondary N) is 1. The van der Waals surface area contributed by atoms with Crippen LogP contribution in [0.3, 0.4) is 0 Å². The van der Waals surface area contributed by atoms with Crippen LogP contribution in [0.25, 0.3) is 0 Å². The van der Waals surface area contributed by atoms with Gasteiger partial charge in [-0.25, -0.2) is 9.59 Å². The zero-order valence-electron chi connectivity index (χ0n) is 15.1. The first-order chi connectivity index (χ1) is 14.0. The summed E-state index contributed by atoms with van der Waals surface area (Å²) >= 11 is 5.84. The number of benzene rings is 2. The molecule has 29 heavy (non-hydrogen) atoms. The summed E-state index contributed by atoms with van der Waals surface area (Å²) in [7, 11) is 1.44. The van der Waals surface area contributed by atoms with Crippen molar-refractivity contribution in [3.8, 4) is 11.5 Å². The van der Waals surface area contributed by atoms with E-state index < -0.39 is 11.9 Å². The Morgan fingerprint density at radius 2 is 2.00 bits per heavy atom. The van der Waals surface area contributed by atoms with Crippen LogP contribution in [0.4, 0.5) is 5.69 Å². The van der Waals surface area contributed by atoms with E-state index in [4.69, 9.17) is 30.6 Å². The fourth-order valence-electron chi connectivity index (χ4n) is 2.33. The van der Waals surface area contributed by atoms with Gasteiger partial charge in [0, 0.05) is 0 Å². The topological polar surface area (TPSA) is 110 Å². The molecule has 8 nitrogen and oxygen atoms in total. The highest BCUT2D eigenvalue weighted by Gasteiger charge is 2.15. The van der Waals surface area contributed by atoms with Crippen LogP contribution in [-0.4, -0.2) is 30.4 Å². The van der Waals surface area contributed by atoms with E-state index in [-0.39, 0.29) is 22.1 Å². The lowest BCUT2D eigenvalue weighted by Crippen LogP contribution is -2.08. The molecule has 9 heteroatoms. The molecule has 0 fully saturated rings. The van der Waals surface area contributed by atoms with E-state index in [1.807, 2.05) is 0 Å². The lowest BCUT2D eigenvalue weighted by Gasteiger charge is -2.09. The van der Waals surface area contributed by atoms with Gasteiger partial charge in [-0.2, -0.15) is 5.10 Å². The molecule has 1 heterocycles. The number of hydrogen-bond acceptors (Lipinski definition) is 7. The predicted molar refractivity (Wildman–Crippen MR) is 106 cm³/mol. The average molecular weight is 415 g/mol. The number of hydrogen-bond donors (Lipinski definition) is 2. The van der Waals surface area contributed by atoms with Crippen molar-refractivity contribution in [3.63, 3.8) is 0 Å². The first-order valence-electron chi connectivity index (χ1n) is 8.23. The van der Waals surface area contributed by atoms with Crippen molar-refractivity contribution in [3.05, 3.63) is 76.7 Å². The van der Waals surface area contributed by atoms with Gasteiger partial charge in [0.2, 0.25) is 5.76 Å². The second-order valence-corrected chi connectivity index (χ2v) is 6.05. The smallest absolute Gasteiger partial charge is 0.379 e. The summed E-state index contributed by atoms with van der Waals surface area (Å²) in [6.07, 6.45) is 2.87.